The van der Waals surface area contributed by atoms with Gasteiger partial charge < -0.3 is 10.2 Å². The molecule has 4 nitrogen and oxygen atoms in total. The zero-order valence-corrected chi connectivity index (χ0v) is 14.1. The Labute approximate surface area is 147 Å². The van der Waals surface area contributed by atoms with E-state index in [0.717, 1.165) is 31.5 Å². The zero-order chi connectivity index (χ0) is 17.4. The summed E-state index contributed by atoms with van der Waals surface area (Å²) >= 11 is 0. The van der Waals surface area contributed by atoms with E-state index in [0.29, 0.717) is 23.9 Å². The Morgan fingerprint density at radius 2 is 1.60 bits per heavy atom. The van der Waals surface area contributed by atoms with E-state index in [1.807, 2.05) is 30.3 Å². The fraction of sp³-hybridized carbons (Fsp3) is 0.381. The summed E-state index contributed by atoms with van der Waals surface area (Å²) in [4.78, 5) is 14.6. The van der Waals surface area contributed by atoms with E-state index in [4.69, 9.17) is 0 Å². The van der Waals surface area contributed by atoms with Crippen LogP contribution in [0.4, 0.5) is 0 Å². The van der Waals surface area contributed by atoms with Gasteiger partial charge in [-0.2, -0.15) is 0 Å². The Kier molecular flexibility index (Phi) is 4.10. The average Bonchev–Trinajstić information content (AvgIpc) is 3.11. The van der Waals surface area contributed by atoms with Gasteiger partial charge in [0.15, 0.2) is 5.78 Å². The topological polar surface area (TPSA) is 60.8 Å². The van der Waals surface area contributed by atoms with Gasteiger partial charge in [-0.05, 0) is 54.5 Å². The summed E-state index contributed by atoms with van der Waals surface area (Å²) in [5, 5.41) is 20.4. The molecule has 0 spiro atoms. The molecule has 2 N–H and O–H groups in total. The van der Waals surface area contributed by atoms with Crippen molar-refractivity contribution in [3.05, 3.63) is 65.7 Å². The molecule has 1 saturated heterocycles. The maximum absolute atomic E-state index is 12.4. The number of carbonyl (C=O) groups excluding carboxylic acids is 1. The summed E-state index contributed by atoms with van der Waals surface area (Å²) in [5.41, 5.74) is 0.927. The quantitative estimate of drug-likeness (QED) is 0.842. The molecule has 2 aromatic carbocycles. The molecule has 130 valence electrons. The van der Waals surface area contributed by atoms with E-state index in [2.05, 4.69) is 4.90 Å². The van der Waals surface area contributed by atoms with Crippen molar-refractivity contribution in [3.8, 4) is 5.75 Å². The third kappa shape index (κ3) is 3.20. The average molecular weight is 337 g/mol. The van der Waals surface area contributed by atoms with Gasteiger partial charge in [-0.3, -0.25) is 9.69 Å². The summed E-state index contributed by atoms with van der Waals surface area (Å²) in [6, 6.07) is 16.4. The molecule has 2 aliphatic rings. The van der Waals surface area contributed by atoms with Crippen molar-refractivity contribution in [2.24, 2.45) is 11.8 Å². The van der Waals surface area contributed by atoms with Crippen LogP contribution < -0.4 is 0 Å². The number of phenols is 1. The van der Waals surface area contributed by atoms with Crippen molar-refractivity contribution in [2.45, 2.75) is 18.4 Å². The highest BCUT2D eigenvalue weighted by Crippen LogP contribution is 2.48. The van der Waals surface area contributed by atoms with E-state index < -0.39 is 5.60 Å². The lowest BCUT2D eigenvalue weighted by atomic mass is 9.90. The van der Waals surface area contributed by atoms with Gasteiger partial charge in [-0.15, -0.1) is 0 Å². The molecule has 0 bridgehead atoms. The SMILES string of the molecule is O=C(CN1C[C@@H]2CC(O)(c3ccccc3)C[C@@H]2C1)c1ccc(O)cc1. The number of hydrogen-bond donors (Lipinski definition) is 2. The van der Waals surface area contributed by atoms with Crippen molar-refractivity contribution >= 4 is 5.78 Å². The molecule has 0 radical (unpaired) electrons. The molecule has 2 fully saturated rings. The number of aliphatic hydroxyl groups is 1. The normalized spacial score (nSPS) is 28.8. The predicted octanol–water partition coefficient (Wildman–Crippen LogP) is 2.80. The summed E-state index contributed by atoms with van der Waals surface area (Å²) in [6.07, 6.45) is 1.54. The fourth-order valence-corrected chi connectivity index (χ4v) is 4.50. The Morgan fingerprint density at radius 3 is 2.20 bits per heavy atom. The van der Waals surface area contributed by atoms with Crippen LogP contribution >= 0.6 is 0 Å². The maximum atomic E-state index is 12.4. The van der Waals surface area contributed by atoms with Crippen LogP contribution in [0.15, 0.2) is 54.6 Å². The smallest absolute Gasteiger partial charge is 0.176 e. The Bertz CT molecular complexity index is 742. The van der Waals surface area contributed by atoms with Crippen molar-refractivity contribution < 1.29 is 15.0 Å². The number of benzene rings is 2. The molecule has 3 atom stereocenters. The second-order valence-corrected chi connectivity index (χ2v) is 7.49. The monoisotopic (exact) mass is 337 g/mol. The zero-order valence-electron chi connectivity index (χ0n) is 14.1. The first-order valence-electron chi connectivity index (χ1n) is 8.86. The lowest BCUT2D eigenvalue weighted by molar-refractivity contribution is 0.0315. The van der Waals surface area contributed by atoms with Gasteiger partial charge in [0.1, 0.15) is 5.75 Å². The number of phenolic OH excluding ortho intramolecular Hbond substituents is 1. The molecular weight excluding hydrogens is 314 g/mol. The molecule has 1 heterocycles. The molecule has 25 heavy (non-hydrogen) atoms. The van der Waals surface area contributed by atoms with Gasteiger partial charge in [0.2, 0.25) is 0 Å². The molecule has 4 heteroatoms. The third-order valence-electron chi connectivity index (χ3n) is 5.72. The first kappa shape index (κ1) is 16.3. The highest BCUT2D eigenvalue weighted by atomic mass is 16.3. The van der Waals surface area contributed by atoms with Crippen LogP contribution in [0, 0.1) is 11.8 Å². The number of fused-ring (bicyclic) bond motifs is 1. The molecule has 1 saturated carbocycles. The largest absolute Gasteiger partial charge is 0.508 e. The van der Waals surface area contributed by atoms with Gasteiger partial charge in [0, 0.05) is 18.7 Å². The lowest BCUT2D eigenvalue weighted by Gasteiger charge is -2.26. The fourth-order valence-electron chi connectivity index (χ4n) is 4.50. The van der Waals surface area contributed by atoms with Crippen LogP contribution in [0.1, 0.15) is 28.8 Å². The van der Waals surface area contributed by atoms with Gasteiger partial charge in [-0.1, -0.05) is 30.3 Å². The van der Waals surface area contributed by atoms with Crippen LogP contribution in [0.25, 0.3) is 0 Å². The molecular formula is C21H23NO3. The van der Waals surface area contributed by atoms with Crippen LogP contribution in [-0.2, 0) is 5.60 Å². The van der Waals surface area contributed by atoms with Crippen LogP contribution in [0.5, 0.6) is 5.75 Å². The second kappa shape index (κ2) is 6.28. The minimum atomic E-state index is -0.719. The molecule has 4 rings (SSSR count). The van der Waals surface area contributed by atoms with Crippen LogP contribution in [-0.4, -0.2) is 40.5 Å². The number of Topliss-reactive ketones (excluding diaryl/α,β-unsaturated/α-hetero) is 1. The summed E-state index contributed by atoms with van der Waals surface area (Å²) in [5.74, 6) is 1.14. The number of carbonyl (C=O) groups is 1. The van der Waals surface area contributed by atoms with Crippen molar-refractivity contribution in [1.82, 2.24) is 4.90 Å². The highest BCUT2D eigenvalue weighted by Gasteiger charge is 2.49. The minimum Gasteiger partial charge on any atom is -0.508 e. The standard InChI is InChI=1S/C21H23NO3/c23-19-8-6-15(7-9-19)20(24)14-22-12-16-10-21(25,11-17(16)13-22)18-4-2-1-3-5-18/h1-9,16-17,23,25H,10-14H2/t16-,17+,21?. The van der Waals surface area contributed by atoms with Gasteiger partial charge >= 0.3 is 0 Å². The molecule has 1 unspecified atom stereocenters. The third-order valence-corrected chi connectivity index (χ3v) is 5.72. The minimum absolute atomic E-state index is 0.0818. The first-order valence-corrected chi connectivity index (χ1v) is 8.86. The Balaban J connectivity index is 1.38. The van der Waals surface area contributed by atoms with Gasteiger partial charge in [0.25, 0.3) is 0 Å². The van der Waals surface area contributed by atoms with Crippen molar-refractivity contribution in [1.29, 1.82) is 0 Å². The number of nitrogens with zero attached hydrogens (tertiary/aromatic N) is 1. The van der Waals surface area contributed by atoms with Gasteiger partial charge in [0.05, 0.1) is 12.1 Å². The first-order chi connectivity index (χ1) is 12.0. The Morgan fingerprint density at radius 1 is 1.00 bits per heavy atom. The van der Waals surface area contributed by atoms with E-state index >= 15 is 0 Å². The lowest BCUT2D eigenvalue weighted by Crippen LogP contribution is -2.31. The molecule has 0 amide bonds. The number of likely N-dealkylation sites (tertiary alicyclic amines) is 1. The molecule has 2 aromatic rings. The van der Waals surface area contributed by atoms with Crippen molar-refractivity contribution in [3.63, 3.8) is 0 Å². The highest BCUT2D eigenvalue weighted by molar-refractivity contribution is 5.97. The van der Waals surface area contributed by atoms with Crippen molar-refractivity contribution in [2.75, 3.05) is 19.6 Å². The molecule has 1 aliphatic heterocycles. The number of ketones is 1. The van der Waals surface area contributed by atoms with Gasteiger partial charge in [-0.25, -0.2) is 0 Å². The maximum Gasteiger partial charge on any atom is 0.176 e. The van der Waals surface area contributed by atoms with E-state index in [1.165, 1.54) is 0 Å². The number of hydrogen-bond acceptors (Lipinski definition) is 4. The van der Waals surface area contributed by atoms with E-state index in [9.17, 15) is 15.0 Å². The van der Waals surface area contributed by atoms with Crippen LogP contribution in [0.2, 0.25) is 0 Å². The molecule has 0 aromatic heterocycles. The van der Waals surface area contributed by atoms with E-state index in [1.54, 1.807) is 24.3 Å². The predicted molar refractivity (Wildman–Crippen MR) is 95.4 cm³/mol. The molecule has 1 aliphatic carbocycles. The second-order valence-electron chi connectivity index (χ2n) is 7.49. The Hall–Kier alpha value is -2.17. The number of rotatable bonds is 4. The summed E-state index contributed by atoms with van der Waals surface area (Å²) < 4.78 is 0. The van der Waals surface area contributed by atoms with E-state index in [-0.39, 0.29) is 11.5 Å². The summed E-state index contributed by atoms with van der Waals surface area (Å²) in [7, 11) is 0. The summed E-state index contributed by atoms with van der Waals surface area (Å²) in [6.45, 7) is 2.13. The number of aromatic hydroxyl groups is 1. The van der Waals surface area contributed by atoms with Crippen LogP contribution in [0.3, 0.4) is 0 Å².